The first-order valence-electron chi connectivity index (χ1n) is 20.6. The van der Waals surface area contributed by atoms with Crippen LogP contribution in [0.25, 0.3) is 0 Å². The molecule has 0 amide bonds. The molecule has 0 aliphatic carbocycles. The topological polar surface area (TPSA) is 43.4 Å². The van der Waals surface area contributed by atoms with Crippen molar-refractivity contribution in [3.8, 4) is 28.7 Å². The molecule has 0 saturated carbocycles. The van der Waals surface area contributed by atoms with Crippen LogP contribution >= 0.6 is 0 Å². The molecule has 6 heteroatoms. The minimum Gasteiger partial charge on any atom is -0.497 e. The zero-order valence-electron chi connectivity index (χ0n) is 34.4. The Hall–Kier alpha value is -5.88. The zero-order valence-corrected chi connectivity index (χ0v) is 34.4. The normalized spacial score (nSPS) is 12.9. The molecule has 1 aliphatic rings. The van der Waals surface area contributed by atoms with E-state index in [0.29, 0.717) is 13.2 Å². The second-order valence-corrected chi connectivity index (χ2v) is 14.8. The molecule has 0 N–H and O–H groups in total. The Bertz CT molecular complexity index is 2210. The lowest BCUT2D eigenvalue weighted by Gasteiger charge is -2.35. The first-order chi connectivity index (χ1) is 27.9. The summed E-state index contributed by atoms with van der Waals surface area (Å²) in [5.74, 6) is 3.89. The number of nitrogens with zero attached hydrogens (tertiary/aromatic N) is 2. The predicted octanol–water partition coefficient (Wildman–Crippen LogP) is 13.5. The Morgan fingerprint density at radius 3 is 1.82 bits per heavy atom. The van der Waals surface area contributed by atoms with Crippen LogP contribution < -0.4 is 28.7 Å². The summed E-state index contributed by atoms with van der Waals surface area (Å²) in [7, 11) is 1.68. The number of methoxy groups -OCH3 is 1. The van der Waals surface area contributed by atoms with Gasteiger partial charge in [0.2, 0.25) is 0 Å². The van der Waals surface area contributed by atoms with Crippen LogP contribution in [0.3, 0.4) is 0 Å². The molecule has 1 unspecified atom stereocenters. The van der Waals surface area contributed by atoms with Gasteiger partial charge < -0.3 is 28.7 Å². The molecule has 294 valence electrons. The molecule has 1 atom stereocenters. The number of hydrogen-bond acceptors (Lipinski definition) is 6. The number of rotatable bonds is 17. The molecule has 0 spiro atoms. The van der Waals surface area contributed by atoms with Gasteiger partial charge in [0.05, 0.1) is 19.4 Å². The van der Waals surface area contributed by atoms with Crippen LogP contribution in [0.1, 0.15) is 85.8 Å². The molecule has 6 aromatic rings. The molecule has 0 radical (unpaired) electrons. The molecule has 1 aliphatic heterocycles. The maximum atomic E-state index is 7.03. The van der Waals surface area contributed by atoms with E-state index in [4.69, 9.17) is 18.9 Å². The molecule has 6 nitrogen and oxygen atoms in total. The number of unbranched alkanes of at least 4 members (excludes halogenated alkanes) is 2. The quantitative estimate of drug-likeness (QED) is 0.0921. The van der Waals surface area contributed by atoms with Gasteiger partial charge in [-0.2, -0.15) is 0 Å². The molecule has 6 aromatic carbocycles. The molecule has 57 heavy (non-hydrogen) atoms. The molecule has 0 saturated heterocycles. The van der Waals surface area contributed by atoms with E-state index in [-0.39, 0.29) is 5.92 Å². The lowest BCUT2D eigenvalue weighted by Crippen LogP contribution is -2.26. The maximum absolute atomic E-state index is 7.03. The van der Waals surface area contributed by atoms with Crippen molar-refractivity contribution in [1.82, 2.24) is 0 Å². The fourth-order valence-corrected chi connectivity index (χ4v) is 7.86. The van der Waals surface area contributed by atoms with E-state index < -0.39 is 0 Å². The number of anilines is 4. The van der Waals surface area contributed by atoms with Crippen molar-refractivity contribution in [3.05, 3.63) is 161 Å². The number of hydrogen-bond donors (Lipinski definition) is 0. The lowest BCUT2D eigenvalue weighted by atomic mass is 9.80. The monoisotopic (exact) mass is 760 g/mol. The summed E-state index contributed by atoms with van der Waals surface area (Å²) in [5.41, 5.74) is 11.2. The summed E-state index contributed by atoms with van der Waals surface area (Å²) in [6, 6.07) is 44.8. The van der Waals surface area contributed by atoms with Gasteiger partial charge in [0.25, 0.3) is 0 Å². The first kappa shape index (κ1) is 39.4. The lowest BCUT2D eigenvalue weighted by molar-refractivity contribution is 0.304. The Kier molecular flexibility index (Phi) is 12.7. The smallest absolute Gasteiger partial charge is 0.147 e. The van der Waals surface area contributed by atoms with E-state index in [1.807, 2.05) is 31.2 Å². The third-order valence-electron chi connectivity index (χ3n) is 10.9. The average Bonchev–Trinajstić information content (AvgIpc) is 3.24. The summed E-state index contributed by atoms with van der Waals surface area (Å²) in [4.78, 5) is 4.87. The second-order valence-electron chi connectivity index (χ2n) is 14.8. The van der Waals surface area contributed by atoms with Gasteiger partial charge in [-0.1, -0.05) is 93.4 Å². The highest BCUT2D eigenvalue weighted by Gasteiger charge is 2.34. The first-order valence-corrected chi connectivity index (χ1v) is 20.6. The number of fused-ring (bicyclic) bond motifs is 2. The van der Waals surface area contributed by atoms with Crippen LogP contribution in [0.15, 0.2) is 127 Å². The Morgan fingerprint density at radius 1 is 0.579 bits per heavy atom. The van der Waals surface area contributed by atoms with Crippen LogP contribution in [0.5, 0.6) is 28.7 Å². The summed E-state index contributed by atoms with van der Waals surface area (Å²) in [5, 5.41) is 0. The van der Waals surface area contributed by atoms with Gasteiger partial charge >= 0.3 is 0 Å². The fourth-order valence-electron chi connectivity index (χ4n) is 7.86. The highest BCUT2D eigenvalue weighted by atomic mass is 16.5. The number of ether oxygens (including phenoxy) is 4. The van der Waals surface area contributed by atoms with Crippen molar-refractivity contribution in [2.75, 3.05) is 36.6 Å². The number of para-hydroxylation sites is 2. The molecule has 0 aromatic heterocycles. The van der Waals surface area contributed by atoms with Crippen molar-refractivity contribution in [2.24, 2.45) is 0 Å². The van der Waals surface area contributed by atoms with Gasteiger partial charge in [0, 0.05) is 59.3 Å². The van der Waals surface area contributed by atoms with Crippen LogP contribution in [0.4, 0.5) is 22.7 Å². The van der Waals surface area contributed by atoms with Gasteiger partial charge in [-0.25, -0.2) is 0 Å². The van der Waals surface area contributed by atoms with Gasteiger partial charge in [-0.15, -0.1) is 0 Å². The van der Waals surface area contributed by atoms with Crippen LogP contribution in [0.2, 0.25) is 0 Å². The molecular formula is C51H56N2O4. The Morgan fingerprint density at radius 2 is 1.19 bits per heavy atom. The average molecular weight is 761 g/mol. The highest BCUT2D eigenvalue weighted by Crippen LogP contribution is 2.54. The van der Waals surface area contributed by atoms with Crippen LogP contribution in [0, 0.1) is 13.8 Å². The minimum absolute atomic E-state index is 0.141. The summed E-state index contributed by atoms with van der Waals surface area (Å²) >= 11 is 0. The summed E-state index contributed by atoms with van der Waals surface area (Å²) in [6.07, 6.45) is 4.60. The standard InChI is InChI=1S/C51H56N2O4/c1-7-10-30-52(31-11-8-2)39-24-29-43-48(32-39)57-49-34-50(55-9-3)47(53(45-22-16-12-18-36(45)4)46-23-17-13-19-37(46)5)33-44(49)51(43)42-21-15-14-20-38(42)35-56-41-27-25-40(54-6)26-28-41/h12-29,32-34,51H,7-11,30-31,35H2,1-6H3. The molecule has 0 bridgehead atoms. The van der Waals surface area contributed by atoms with Gasteiger partial charge in [-0.3, -0.25) is 0 Å². The van der Waals surface area contributed by atoms with Gasteiger partial charge in [0.15, 0.2) is 0 Å². The second kappa shape index (κ2) is 18.4. The van der Waals surface area contributed by atoms with E-state index >= 15 is 0 Å². The van der Waals surface area contributed by atoms with E-state index in [0.717, 1.165) is 101 Å². The van der Waals surface area contributed by atoms with Crippen LogP contribution in [-0.4, -0.2) is 26.8 Å². The van der Waals surface area contributed by atoms with E-state index in [1.54, 1.807) is 7.11 Å². The van der Waals surface area contributed by atoms with Crippen molar-refractivity contribution >= 4 is 22.7 Å². The van der Waals surface area contributed by atoms with Crippen molar-refractivity contribution in [1.29, 1.82) is 0 Å². The Balaban J connectivity index is 1.42. The van der Waals surface area contributed by atoms with Crippen molar-refractivity contribution in [2.45, 2.75) is 72.8 Å². The molecule has 0 fully saturated rings. The number of aryl methyl sites for hydroxylation is 2. The minimum atomic E-state index is -0.141. The molecule has 7 rings (SSSR count). The van der Waals surface area contributed by atoms with Crippen molar-refractivity contribution in [3.63, 3.8) is 0 Å². The van der Waals surface area contributed by atoms with Crippen LogP contribution in [-0.2, 0) is 6.61 Å². The summed E-state index contributed by atoms with van der Waals surface area (Å²) < 4.78 is 25.4. The Labute approximate surface area is 339 Å². The van der Waals surface area contributed by atoms with Gasteiger partial charge in [0.1, 0.15) is 35.4 Å². The third kappa shape index (κ3) is 8.61. The zero-order chi connectivity index (χ0) is 39.7. The predicted molar refractivity (Wildman–Crippen MR) is 235 cm³/mol. The SMILES string of the molecule is CCCCN(CCCC)c1ccc2c(c1)Oc1cc(OCC)c(N(c3ccccc3C)c3ccccc3C)cc1C2c1ccccc1COc1ccc(OC)cc1. The fraction of sp³-hybridized carbons (Fsp3) is 0.294. The molecular weight excluding hydrogens is 705 g/mol. The van der Waals surface area contributed by atoms with E-state index in [9.17, 15) is 0 Å². The summed E-state index contributed by atoms with van der Waals surface area (Å²) in [6.45, 7) is 13.9. The third-order valence-corrected chi connectivity index (χ3v) is 10.9. The maximum Gasteiger partial charge on any atom is 0.147 e. The molecule has 1 heterocycles. The van der Waals surface area contributed by atoms with E-state index in [1.165, 1.54) is 22.4 Å². The van der Waals surface area contributed by atoms with Crippen molar-refractivity contribution < 1.29 is 18.9 Å². The van der Waals surface area contributed by atoms with Gasteiger partial charge in [-0.05, 0) is 104 Å². The number of benzene rings is 6. The largest absolute Gasteiger partial charge is 0.497 e. The highest BCUT2D eigenvalue weighted by molar-refractivity contribution is 5.85. The van der Waals surface area contributed by atoms with E-state index in [2.05, 4.69) is 141 Å².